The number of aliphatic hydroxyl groups excluding tert-OH is 1. The monoisotopic (exact) mass is 266 g/mol. The van der Waals surface area contributed by atoms with Crippen LogP contribution in [-0.4, -0.2) is 27.4 Å². The second kappa shape index (κ2) is 4.67. The van der Waals surface area contributed by atoms with Crippen molar-refractivity contribution in [3.63, 3.8) is 0 Å². The zero-order valence-electron chi connectivity index (χ0n) is 11.7. The average Bonchev–Trinajstić information content (AvgIpc) is 2.49. The maximum absolute atomic E-state index is 12.0. The Morgan fingerprint density at radius 3 is 2.26 bits per heavy atom. The Labute approximate surface area is 113 Å². The van der Waals surface area contributed by atoms with Crippen LogP contribution in [0, 0.1) is 0 Å². The van der Waals surface area contributed by atoms with Gasteiger partial charge in [-0.05, 0) is 45.1 Å². The van der Waals surface area contributed by atoms with Crippen LogP contribution in [-0.2, 0) is 9.53 Å². The number of hydrogen-bond acceptors (Lipinski definition) is 4. The number of esters is 1. The van der Waals surface area contributed by atoms with Gasteiger partial charge in [0.25, 0.3) is 0 Å². The largest absolute Gasteiger partial charge is 0.507 e. The second-order valence-electron chi connectivity index (χ2n) is 6.06. The SMILES string of the molecule is C=C(C1=C(O)C2(CCCCCC2)OC1=O)C(C)(C)O. The summed E-state index contributed by atoms with van der Waals surface area (Å²) >= 11 is 0. The minimum atomic E-state index is -1.25. The Morgan fingerprint density at radius 1 is 1.26 bits per heavy atom. The first-order valence-electron chi connectivity index (χ1n) is 6.87. The van der Waals surface area contributed by atoms with Crippen molar-refractivity contribution in [2.45, 2.75) is 63.6 Å². The van der Waals surface area contributed by atoms with Gasteiger partial charge in [0.2, 0.25) is 0 Å². The van der Waals surface area contributed by atoms with E-state index in [2.05, 4.69) is 6.58 Å². The normalized spacial score (nSPS) is 23.4. The van der Waals surface area contributed by atoms with E-state index in [4.69, 9.17) is 4.74 Å². The van der Waals surface area contributed by atoms with Crippen LogP contribution in [0.25, 0.3) is 0 Å². The molecule has 1 aliphatic carbocycles. The maximum Gasteiger partial charge on any atom is 0.343 e. The number of carbonyl (C=O) groups is 1. The summed E-state index contributed by atoms with van der Waals surface area (Å²) < 4.78 is 5.48. The van der Waals surface area contributed by atoms with E-state index in [0.29, 0.717) is 12.8 Å². The highest BCUT2D eigenvalue weighted by atomic mass is 16.6. The fourth-order valence-electron chi connectivity index (χ4n) is 2.81. The summed E-state index contributed by atoms with van der Waals surface area (Å²) in [6, 6.07) is 0. The van der Waals surface area contributed by atoms with Gasteiger partial charge in [0.05, 0.1) is 5.60 Å². The van der Waals surface area contributed by atoms with Crippen molar-refractivity contribution in [1.82, 2.24) is 0 Å². The van der Waals surface area contributed by atoms with Crippen molar-refractivity contribution >= 4 is 5.97 Å². The first-order chi connectivity index (χ1) is 8.78. The fourth-order valence-corrected chi connectivity index (χ4v) is 2.81. The lowest BCUT2D eigenvalue weighted by Crippen LogP contribution is -2.31. The van der Waals surface area contributed by atoms with Crippen LogP contribution in [0.3, 0.4) is 0 Å². The molecule has 1 heterocycles. The molecule has 0 saturated heterocycles. The molecule has 19 heavy (non-hydrogen) atoms. The molecule has 0 radical (unpaired) electrons. The lowest BCUT2D eigenvalue weighted by atomic mass is 9.86. The standard InChI is InChI=1S/C15H22O4/c1-10(14(2,3)18)11-12(16)15(19-13(11)17)8-6-4-5-7-9-15/h16,18H,1,4-9H2,2-3H3. The zero-order valence-corrected chi connectivity index (χ0v) is 11.7. The Balaban J connectivity index is 2.39. The van der Waals surface area contributed by atoms with E-state index in [9.17, 15) is 15.0 Å². The first kappa shape index (κ1) is 14.1. The van der Waals surface area contributed by atoms with Gasteiger partial charge in [0, 0.05) is 0 Å². The van der Waals surface area contributed by atoms with Crippen molar-refractivity contribution < 1.29 is 19.7 Å². The molecule has 106 valence electrons. The van der Waals surface area contributed by atoms with Gasteiger partial charge in [-0.25, -0.2) is 4.79 Å². The van der Waals surface area contributed by atoms with Gasteiger partial charge in [0.15, 0.2) is 11.4 Å². The fraction of sp³-hybridized carbons (Fsp3) is 0.667. The van der Waals surface area contributed by atoms with Gasteiger partial charge < -0.3 is 14.9 Å². The molecule has 0 aromatic rings. The number of aliphatic hydroxyl groups is 2. The summed E-state index contributed by atoms with van der Waals surface area (Å²) in [5.74, 6) is -0.599. The molecule has 0 aromatic carbocycles. The van der Waals surface area contributed by atoms with Crippen molar-refractivity contribution in [3.8, 4) is 0 Å². The van der Waals surface area contributed by atoms with Crippen LogP contribution in [0.15, 0.2) is 23.5 Å². The molecular weight excluding hydrogens is 244 g/mol. The predicted molar refractivity (Wildman–Crippen MR) is 71.6 cm³/mol. The molecule has 1 spiro atoms. The summed E-state index contributed by atoms with van der Waals surface area (Å²) in [6.45, 7) is 6.83. The molecule has 4 heteroatoms. The molecule has 2 aliphatic rings. The highest BCUT2D eigenvalue weighted by molar-refractivity contribution is 5.97. The van der Waals surface area contributed by atoms with Crippen LogP contribution in [0.5, 0.6) is 0 Å². The van der Waals surface area contributed by atoms with Gasteiger partial charge >= 0.3 is 5.97 Å². The highest BCUT2D eigenvalue weighted by Gasteiger charge is 2.49. The van der Waals surface area contributed by atoms with E-state index in [-0.39, 0.29) is 16.9 Å². The summed E-state index contributed by atoms with van der Waals surface area (Å²) in [4.78, 5) is 12.0. The number of ether oxygens (including phenoxy) is 1. The number of rotatable bonds is 2. The Hall–Kier alpha value is -1.29. The van der Waals surface area contributed by atoms with E-state index in [1.807, 2.05) is 0 Å². The van der Waals surface area contributed by atoms with E-state index in [0.717, 1.165) is 25.7 Å². The third kappa shape index (κ3) is 2.41. The molecule has 0 atom stereocenters. The second-order valence-corrected chi connectivity index (χ2v) is 6.06. The number of carbonyl (C=O) groups excluding carboxylic acids is 1. The minimum Gasteiger partial charge on any atom is -0.507 e. The summed E-state index contributed by atoms with van der Waals surface area (Å²) in [5.41, 5.74) is -1.85. The molecular formula is C15H22O4. The molecule has 0 amide bonds. The lowest BCUT2D eigenvalue weighted by molar-refractivity contribution is -0.149. The first-order valence-corrected chi connectivity index (χ1v) is 6.87. The van der Waals surface area contributed by atoms with Crippen LogP contribution >= 0.6 is 0 Å². The Kier molecular flexibility index (Phi) is 3.47. The van der Waals surface area contributed by atoms with Crippen molar-refractivity contribution in [2.75, 3.05) is 0 Å². The van der Waals surface area contributed by atoms with Crippen LogP contribution in [0.4, 0.5) is 0 Å². The predicted octanol–water partition coefficient (Wildman–Crippen LogP) is 2.78. The van der Waals surface area contributed by atoms with Gasteiger partial charge in [-0.15, -0.1) is 0 Å². The van der Waals surface area contributed by atoms with E-state index in [1.54, 1.807) is 13.8 Å². The summed E-state index contributed by atoms with van der Waals surface area (Å²) in [7, 11) is 0. The number of hydrogen-bond donors (Lipinski definition) is 2. The zero-order chi connectivity index (χ0) is 14.3. The minimum absolute atomic E-state index is 0.0356. The molecule has 2 rings (SSSR count). The molecule has 1 aliphatic heterocycles. The molecule has 1 fully saturated rings. The Morgan fingerprint density at radius 2 is 1.79 bits per heavy atom. The summed E-state index contributed by atoms with van der Waals surface area (Å²) in [6.07, 6.45) is 5.34. The quantitative estimate of drug-likeness (QED) is 0.754. The van der Waals surface area contributed by atoms with Gasteiger partial charge in [-0.1, -0.05) is 19.4 Å². The van der Waals surface area contributed by atoms with E-state index < -0.39 is 17.2 Å². The lowest BCUT2D eigenvalue weighted by Gasteiger charge is -2.26. The third-order valence-electron chi connectivity index (χ3n) is 4.11. The van der Waals surface area contributed by atoms with Crippen molar-refractivity contribution in [3.05, 3.63) is 23.5 Å². The molecule has 2 N–H and O–H groups in total. The maximum atomic E-state index is 12.0. The van der Waals surface area contributed by atoms with Gasteiger partial charge in [-0.3, -0.25) is 0 Å². The van der Waals surface area contributed by atoms with Gasteiger partial charge in [0.1, 0.15) is 5.57 Å². The van der Waals surface area contributed by atoms with Crippen LogP contribution in [0.2, 0.25) is 0 Å². The molecule has 0 unspecified atom stereocenters. The molecule has 0 aromatic heterocycles. The van der Waals surface area contributed by atoms with Crippen LogP contribution < -0.4 is 0 Å². The molecule has 1 saturated carbocycles. The van der Waals surface area contributed by atoms with Crippen molar-refractivity contribution in [1.29, 1.82) is 0 Å². The third-order valence-corrected chi connectivity index (χ3v) is 4.11. The highest BCUT2D eigenvalue weighted by Crippen LogP contribution is 2.44. The molecule has 4 nitrogen and oxygen atoms in total. The van der Waals surface area contributed by atoms with Crippen LogP contribution in [0.1, 0.15) is 52.4 Å². The molecule has 0 bridgehead atoms. The topological polar surface area (TPSA) is 66.8 Å². The van der Waals surface area contributed by atoms with Crippen molar-refractivity contribution in [2.24, 2.45) is 0 Å². The Bertz CT molecular complexity index is 432. The van der Waals surface area contributed by atoms with E-state index >= 15 is 0 Å². The smallest absolute Gasteiger partial charge is 0.343 e. The van der Waals surface area contributed by atoms with Gasteiger partial charge in [-0.2, -0.15) is 0 Å². The summed E-state index contributed by atoms with van der Waals surface area (Å²) in [5, 5.41) is 20.4. The average molecular weight is 266 g/mol. The van der Waals surface area contributed by atoms with E-state index in [1.165, 1.54) is 0 Å².